The van der Waals surface area contributed by atoms with Gasteiger partial charge in [0.1, 0.15) is 0 Å². The zero-order valence-electron chi connectivity index (χ0n) is 14.8. The molecular formula is C20H25N3O2. The Bertz CT molecular complexity index is 822. The third-order valence-electron chi connectivity index (χ3n) is 5.50. The molecule has 2 aromatic rings. The number of nitrogens with zero attached hydrogens (tertiary/aromatic N) is 2. The van der Waals surface area contributed by atoms with E-state index in [1.165, 1.54) is 43.4 Å². The van der Waals surface area contributed by atoms with Crippen LogP contribution < -0.4 is 15.7 Å². The van der Waals surface area contributed by atoms with Gasteiger partial charge in [-0.25, -0.2) is 4.79 Å². The van der Waals surface area contributed by atoms with Crippen molar-refractivity contribution in [1.29, 1.82) is 0 Å². The Balaban J connectivity index is 1.57. The smallest absolute Gasteiger partial charge is 0.351 e. The second kappa shape index (κ2) is 6.90. The SMILES string of the molecule is COc1cc2n(c(=O)n1)CCc1cc(NCC3CCCCC3)ccc1-2. The molecule has 1 fully saturated rings. The number of fused-ring (bicyclic) bond motifs is 3. The quantitative estimate of drug-likeness (QED) is 0.927. The summed E-state index contributed by atoms with van der Waals surface area (Å²) in [6.45, 7) is 1.73. The molecule has 0 spiro atoms. The predicted octanol–water partition coefficient (Wildman–Crippen LogP) is 3.47. The van der Waals surface area contributed by atoms with Crippen LogP contribution in [0.1, 0.15) is 37.7 Å². The van der Waals surface area contributed by atoms with Gasteiger partial charge in [-0.15, -0.1) is 0 Å². The average Bonchev–Trinajstić information content (AvgIpc) is 2.66. The molecule has 1 aromatic carbocycles. The summed E-state index contributed by atoms with van der Waals surface area (Å²) in [6, 6.07) is 8.32. The van der Waals surface area contributed by atoms with Crippen LogP contribution in [0, 0.1) is 5.92 Å². The van der Waals surface area contributed by atoms with E-state index in [2.05, 4.69) is 28.5 Å². The number of anilines is 1. The van der Waals surface area contributed by atoms with E-state index in [1.807, 2.05) is 6.07 Å². The summed E-state index contributed by atoms with van der Waals surface area (Å²) in [4.78, 5) is 16.1. The Labute approximate surface area is 148 Å². The minimum absolute atomic E-state index is 0.237. The van der Waals surface area contributed by atoms with E-state index >= 15 is 0 Å². The molecule has 2 heterocycles. The molecule has 5 nitrogen and oxygen atoms in total. The molecule has 25 heavy (non-hydrogen) atoms. The molecule has 1 aliphatic heterocycles. The highest BCUT2D eigenvalue weighted by Crippen LogP contribution is 2.32. The Hall–Kier alpha value is -2.30. The van der Waals surface area contributed by atoms with Crippen LogP contribution in [0.25, 0.3) is 11.3 Å². The lowest BCUT2D eigenvalue weighted by Crippen LogP contribution is -2.28. The molecule has 1 aromatic heterocycles. The van der Waals surface area contributed by atoms with E-state index in [9.17, 15) is 4.79 Å². The standard InChI is InChI=1S/C20H25N3O2/c1-25-19-12-18-17-8-7-16(21-13-14-5-3-2-4-6-14)11-15(17)9-10-23(18)20(24)22-19/h7-8,11-12,14,21H,2-6,9-10,13H2,1H3. The highest BCUT2D eigenvalue weighted by Gasteiger charge is 2.19. The summed E-state index contributed by atoms with van der Waals surface area (Å²) in [5, 5.41) is 3.62. The van der Waals surface area contributed by atoms with Gasteiger partial charge in [-0.1, -0.05) is 25.3 Å². The van der Waals surface area contributed by atoms with Crippen molar-refractivity contribution in [1.82, 2.24) is 9.55 Å². The fourth-order valence-corrected chi connectivity index (χ4v) is 4.07. The molecule has 0 radical (unpaired) electrons. The Morgan fingerprint density at radius 2 is 2.08 bits per heavy atom. The Morgan fingerprint density at radius 3 is 2.88 bits per heavy atom. The molecule has 0 amide bonds. The van der Waals surface area contributed by atoms with Gasteiger partial charge in [0.2, 0.25) is 5.88 Å². The van der Waals surface area contributed by atoms with Crippen LogP contribution in [0.2, 0.25) is 0 Å². The third kappa shape index (κ3) is 3.28. The molecule has 1 saturated carbocycles. The van der Waals surface area contributed by atoms with Gasteiger partial charge in [-0.3, -0.25) is 4.57 Å². The van der Waals surface area contributed by atoms with E-state index < -0.39 is 0 Å². The second-order valence-electron chi connectivity index (χ2n) is 7.12. The van der Waals surface area contributed by atoms with Crippen LogP contribution in [-0.2, 0) is 13.0 Å². The van der Waals surface area contributed by atoms with E-state index in [0.29, 0.717) is 12.4 Å². The fourth-order valence-electron chi connectivity index (χ4n) is 4.07. The lowest BCUT2D eigenvalue weighted by atomic mass is 9.89. The molecule has 0 unspecified atom stereocenters. The van der Waals surface area contributed by atoms with Crippen molar-refractivity contribution in [2.24, 2.45) is 5.92 Å². The number of rotatable bonds is 4. The van der Waals surface area contributed by atoms with Gasteiger partial charge in [0.25, 0.3) is 0 Å². The number of ether oxygens (including phenoxy) is 1. The summed E-state index contributed by atoms with van der Waals surface area (Å²) in [5.41, 5.74) is 4.23. The molecule has 5 heteroatoms. The van der Waals surface area contributed by atoms with Crippen LogP contribution in [0.3, 0.4) is 0 Å². The van der Waals surface area contributed by atoms with E-state index in [0.717, 1.165) is 30.1 Å². The van der Waals surface area contributed by atoms with Crippen molar-refractivity contribution in [2.45, 2.75) is 45.1 Å². The van der Waals surface area contributed by atoms with Crippen LogP contribution in [0.4, 0.5) is 5.69 Å². The average molecular weight is 339 g/mol. The highest BCUT2D eigenvalue weighted by molar-refractivity contribution is 5.69. The first-order valence-corrected chi connectivity index (χ1v) is 9.27. The minimum Gasteiger partial charge on any atom is -0.481 e. The van der Waals surface area contributed by atoms with Crippen LogP contribution >= 0.6 is 0 Å². The van der Waals surface area contributed by atoms with E-state index in [-0.39, 0.29) is 5.69 Å². The van der Waals surface area contributed by atoms with Crippen LogP contribution in [0.15, 0.2) is 29.1 Å². The molecule has 4 rings (SSSR count). The van der Waals surface area contributed by atoms with Crippen molar-refractivity contribution < 1.29 is 4.74 Å². The van der Waals surface area contributed by atoms with Gasteiger partial charge in [0, 0.05) is 30.4 Å². The molecule has 0 atom stereocenters. The van der Waals surface area contributed by atoms with Gasteiger partial charge in [-0.2, -0.15) is 4.98 Å². The van der Waals surface area contributed by atoms with E-state index in [4.69, 9.17) is 4.74 Å². The topological polar surface area (TPSA) is 56.2 Å². The maximum absolute atomic E-state index is 12.2. The van der Waals surface area contributed by atoms with E-state index in [1.54, 1.807) is 11.7 Å². The maximum Gasteiger partial charge on any atom is 0.351 e. The van der Waals surface area contributed by atoms with Crippen molar-refractivity contribution >= 4 is 5.69 Å². The van der Waals surface area contributed by atoms with Crippen molar-refractivity contribution in [3.8, 4) is 17.1 Å². The molecule has 0 bridgehead atoms. The van der Waals surface area contributed by atoms with Gasteiger partial charge < -0.3 is 10.1 Å². The number of nitrogens with one attached hydrogen (secondary N) is 1. The monoisotopic (exact) mass is 339 g/mol. The van der Waals surface area contributed by atoms with Crippen LogP contribution in [-0.4, -0.2) is 23.2 Å². The largest absolute Gasteiger partial charge is 0.481 e. The first kappa shape index (κ1) is 16.2. The van der Waals surface area contributed by atoms with Crippen molar-refractivity contribution in [2.75, 3.05) is 19.0 Å². The zero-order chi connectivity index (χ0) is 17.2. The molecule has 1 aliphatic carbocycles. The molecule has 1 N–H and O–H groups in total. The first-order chi connectivity index (χ1) is 12.2. The number of methoxy groups -OCH3 is 1. The maximum atomic E-state index is 12.2. The van der Waals surface area contributed by atoms with Crippen LogP contribution in [0.5, 0.6) is 5.88 Å². The molecule has 2 aliphatic rings. The lowest BCUT2D eigenvalue weighted by molar-refractivity contribution is 0.373. The van der Waals surface area contributed by atoms with Gasteiger partial charge >= 0.3 is 5.69 Å². The zero-order valence-corrected chi connectivity index (χ0v) is 14.8. The summed E-state index contributed by atoms with van der Waals surface area (Å²) >= 11 is 0. The number of benzene rings is 1. The van der Waals surface area contributed by atoms with Crippen molar-refractivity contribution in [3.05, 3.63) is 40.3 Å². The molecule has 0 saturated heterocycles. The number of hydrogen-bond acceptors (Lipinski definition) is 4. The number of aryl methyl sites for hydroxylation is 1. The summed E-state index contributed by atoms with van der Waals surface area (Å²) < 4.78 is 6.90. The first-order valence-electron chi connectivity index (χ1n) is 9.27. The number of hydrogen-bond donors (Lipinski definition) is 1. The van der Waals surface area contributed by atoms with Gasteiger partial charge in [0.15, 0.2) is 0 Å². The van der Waals surface area contributed by atoms with Gasteiger partial charge in [-0.05, 0) is 42.9 Å². The summed E-state index contributed by atoms with van der Waals surface area (Å²) in [5.74, 6) is 1.18. The lowest BCUT2D eigenvalue weighted by Gasteiger charge is -2.24. The van der Waals surface area contributed by atoms with Crippen molar-refractivity contribution in [3.63, 3.8) is 0 Å². The summed E-state index contributed by atoms with van der Waals surface area (Å²) in [7, 11) is 1.54. The second-order valence-corrected chi connectivity index (χ2v) is 7.12. The Kier molecular flexibility index (Phi) is 4.47. The normalized spacial score (nSPS) is 16.8. The molecule has 132 valence electrons. The third-order valence-corrected chi connectivity index (χ3v) is 5.50. The predicted molar refractivity (Wildman–Crippen MR) is 99.3 cm³/mol. The summed E-state index contributed by atoms with van der Waals surface area (Å²) in [6.07, 6.45) is 7.69. The highest BCUT2D eigenvalue weighted by atomic mass is 16.5. The van der Waals surface area contributed by atoms with Gasteiger partial charge in [0.05, 0.1) is 12.8 Å². The molecular weight excluding hydrogens is 314 g/mol. The fraction of sp³-hybridized carbons (Fsp3) is 0.500. The minimum atomic E-state index is -0.237. The number of aromatic nitrogens is 2. The Morgan fingerprint density at radius 1 is 1.24 bits per heavy atom.